The lowest BCUT2D eigenvalue weighted by molar-refractivity contribution is -0.142. The van der Waals surface area contributed by atoms with E-state index in [2.05, 4.69) is 5.32 Å². The molecule has 2 rings (SSSR count). The van der Waals surface area contributed by atoms with Gasteiger partial charge in [0.05, 0.1) is 13.2 Å². The molecule has 1 aliphatic heterocycles. The first kappa shape index (κ1) is 14.9. The maximum atomic E-state index is 13.8. The monoisotopic (exact) mass is 280 g/mol. The molecule has 1 N–H and O–H groups in total. The molecule has 1 saturated heterocycles. The molecule has 110 valence electrons. The van der Waals surface area contributed by atoms with Crippen molar-refractivity contribution in [3.63, 3.8) is 0 Å². The summed E-state index contributed by atoms with van der Waals surface area (Å²) >= 11 is 0. The Kier molecular flexibility index (Phi) is 5.09. The summed E-state index contributed by atoms with van der Waals surface area (Å²) in [6, 6.07) is 6.57. The number of ether oxygens (including phenoxy) is 1. The number of carbonyl (C=O) groups is 1. The number of nitrogens with zero attached hydrogens (tertiary/aromatic N) is 1. The van der Waals surface area contributed by atoms with Gasteiger partial charge in [-0.25, -0.2) is 4.39 Å². The van der Waals surface area contributed by atoms with Crippen LogP contribution in [0.3, 0.4) is 0 Å². The number of amides is 1. The Morgan fingerprint density at radius 1 is 1.55 bits per heavy atom. The van der Waals surface area contributed by atoms with E-state index < -0.39 is 0 Å². The third-order valence-corrected chi connectivity index (χ3v) is 3.56. The topological polar surface area (TPSA) is 41.6 Å². The summed E-state index contributed by atoms with van der Waals surface area (Å²) in [4.78, 5) is 14.1. The lowest BCUT2D eigenvalue weighted by atomic mass is 10.1. The summed E-state index contributed by atoms with van der Waals surface area (Å²) in [5.41, 5.74) is 0.520. The van der Waals surface area contributed by atoms with Crippen LogP contribution in [0, 0.1) is 11.7 Å². The van der Waals surface area contributed by atoms with Crippen molar-refractivity contribution < 1.29 is 13.9 Å². The molecule has 1 heterocycles. The van der Waals surface area contributed by atoms with Crippen molar-refractivity contribution in [2.24, 2.45) is 5.92 Å². The highest BCUT2D eigenvalue weighted by molar-refractivity contribution is 5.78. The van der Waals surface area contributed by atoms with Crippen LogP contribution in [-0.2, 0) is 9.53 Å². The molecule has 20 heavy (non-hydrogen) atoms. The second-order valence-electron chi connectivity index (χ2n) is 5.12. The van der Waals surface area contributed by atoms with Gasteiger partial charge >= 0.3 is 0 Å². The third-order valence-electron chi connectivity index (χ3n) is 3.56. The number of morpholine rings is 1. The molecule has 1 amide bonds. The zero-order valence-electron chi connectivity index (χ0n) is 11.9. The number of benzene rings is 1. The second kappa shape index (κ2) is 6.81. The van der Waals surface area contributed by atoms with E-state index in [-0.39, 0.29) is 23.7 Å². The Morgan fingerprint density at radius 2 is 2.30 bits per heavy atom. The van der Waals surface area contributed by atoms with Crippen molar-refractivity contribution in [2.45, 2.75) is 13.0 Å². The molecule has 5 heteroatoms. The highest BCUT2D eigenvalue weighted by Gasteiger charge is 2.28. The van der Waals surface area contributed by atoms with Crippen LogP contribution in [0.4, 0.5) is 4.39 Å². The summed E-state index contributed by atoms with van der Waals surface area (Å²) in [6.07, 6.45) is -0.379. The van der Waals surface area contributed by atoms with Gasteiger partial charge in [0.25, 0.3) is 0 Å². The predicted octanol–water partition coefficient (Wildman–Crippen LogP) is 1.58. The van der Waals surface area contributed by atoms with Gasteiger partial charge in [0, 0.05) is 24.6 Å². The number of hydrogen-bond donors (Lipinski definition) is 1. The van der Waals surface area contributed by atoms with Gasteiger partial charge in [-0.3, -0.25) is 4.79 Å². The van der Waals surface area contributed by atoms with Crippen molar-refractivity contribution in [2.75, 3.05) is 33.3 Å². The van der Waals surface area contributed by atoms with Gasteiger partial charge in [0.15, 0.2) is 0 Å². The Morgan fingerprint density at radius 3 is 3.00 bits per heavy atom. The third kappa shape index (κ3) is 3.35. The van der Waals surface area contributed by atoms with E-state index in [1.165, 1.54) is 6.07 Å². The smallest absolute Gasteiger partial charge is 0.226 e. The lowest BCUT2D eigenvalue weighted by Crippen LogP contribution is -2.46. The van der Waals surface area contributed by atoms with Gasteiger partial charge in [-0.05, 0) is 13.1 Å². The van der Waals surface area contributed by atoms with Crippen LogP contribution in [0.1, 0.15) is 18.6 Å². The molecule has 0 bridgehead atoms. The molecule has 1 aromatic carbocycles. The van der Waals surface area contributed by atoms with Gasteiger partial charge in [0.1, 0.15) is 11.9 Å². The Hall–Kier alpha value is -1.46. The molecule has 4 nitrogen and oxygen atoms in total. The predicted molar refractivity (Wildman–Crippen MR) is 74.8 cm³/mol. The van der Waals surface area contributed by atoms with E-state index >= 15 is 0 Å². The highest BCUT2D eigenvalue weighted by Crippen LogP contribution is 2.25. The average molecular weight is 280 g/mol. The van der Waals surface area contributed by atoms with Gasteiger partial charge in [0.2, 0.25) is 5.91 Å². The van der Waals surface area contributed by atoms with Crippen LogP contribution in [0.25, 0.3) is 0 Å². The van der Waals surface area contributed by atoms with E-state index in [1.807, 2.05) is 14.0 Å². The fourth-order valence-corrected chi connectivity index (χ4v) is 2.48. The van der Waals surface area contributed by atoms with Gasteiger partial charge in [-0.1, -0.05) is 25.1 Å². The van der Waals surface area contributed by atoms with Crippen LogP contribution in [0.5, 0.6) is 0 Å². The van der Waals surface area contributed by atoms with E-state index in [4.69, 9.17) is 4.74 Å². The molecule has 0 spiro atoms. The number of rotatable bonds is 4. The minimum Gasteiger partial charge on any atom is -0.370 e. The maximum absolute atomic E-state index is 13.8. The van der Waals surface area contributed by atoms with Crippen molar-refractivity contribution in [3.8, 4) is 0 Å². The minimum atomic E-state index is -0.379. The Balaban J connectivity index is 2.05. The van der Waals surface area contributed by atoms with Crippen LogP contribution in [0.15, 0.2) is 24.3 Å². The number of carbonyl (C=O) groups excluding carboxylic acids is 1. The number of hydrogen-bond acceptors (Lipinski definition) is 3. The fourth-order valence-electron chi connectivity index (χ4n) is 2.48. The highest BCUT2D eigenvalue weighted by atomic mass is 19.1. The largest absolute Gasteiger partial charge is 0.370 e. The zero-order valence-corrected chi connectivity index (χ0v) is 11.9. The number of halogens is 1. The minimum absolute atomic E-state index is 0.0839. The first-order chi connectivity index (χ1) is 9.63. The molecule has 2 atom stereocenters. The molecule has 1 aliphatic rings. The molecular weight excluding hydrogens is 259 g/mol. The summed E-state index contributed by atoms with van der Waals surface area (Å²) in [7, 11) is 1.82. The normalized spacial score (nSPS) is 20.8. The van der Waals surface area contributed by atoms with Crippen molar-refractivity contribution in [1.29, 1.82) is 0 Å². The Labute approximate surface area is 118 Å². The van der Waals surface area contributed by atoms with Crippen LogP contribution in [-0.4, -0.2) is 44.1 Å². The Bertz CT molecular complexity index is 467. The van der Waals surface area contributed by atoms with Gasteiger partial charge < -0.3 is 15.0 Å². The fraction of sp³-hybridized carbons (Fsp3) is 0.533. The van der Waals surface area contributed by atoms with Gasteiger partial charge in [-0.2, -0.15) is 0 Å². The van der Waals surface area contributed by atoms with Crippen LogP contribution >= 0.6 is 0 Å². The van der Waals surface area contributed by atoms with Crippen molar-refractivity contribution >= 4 is 5.91 Å². The van der Waals surface area contributed by atoms with E-state index in [1.54, 1.807) is 23.1 Å². The first-order valence-electron chi connectivity index (χ1n) is 6.93. The maximum Gasteiger partial charge on any atom is 0.226 e. The second-order valence-corrected chi connectivity index (χ2v) is 5.12. The first-order valence-corrected chi connectivity index (χ1v) is 6.93. The zero-order chi connectivity index (χ0) is 14.5. The average Bonchev–Trinajstić information content (AvgIpc) is 2.47. The molecule has 0 aliphatic carbocycles. The molecule has 0 unspecified atom stereocenters. The summed E-state index contributed by atoms with van der Waals surface area (Å²) in [6.45, 7) is 3.95. The molecule has 1 aromatic rings. The molecule has 0 aromatic heterocycles. The van der Waals surface area contributed by atoms with E-state index in [0.717, 1.165) is 0 Å². The van der Waals surface area contributed by atoms with Crippen molar-refractivity contribution in [1.82, 2.24) is 10.2 Å². The molecule has 0 radical (unpaired) electrons. The van der Waals surface area contributed by atoms with E-state index in [0.29, 0.717) is 31.8 Å². The van der Waals surface area contributed by atoms with Crippen LogP contribution in [0.2, 0.25) is 0 Å². The standard InChI is InChI=1S/C15H21FN2O2/c1-11(9-17-2)15(19)18-7-8-20-14(10-18)12-5-3-4-6-13(12)16/h3-6,11,14,17H,7-10H2,1-2H3/t11-,14-/m0/s1. The lowest BCUT2D eigenvalue weighted by Gasteiger charge is -2.34. The van der Waals surface area contributed by atoms with Crippen LogP contribution < -0.4 is 5.32 Å². The van der Waals surface area contributed by atoms with E-state index in [9.17, 15) is 9.18 Å². The number of nitrogens with one attached hydrogen (secondary N) is 1. The molecule has 0 saturated carbocycles. The van der Waals surface area contributed by atoms with Crippen molar-refractivity contribution in [3.05, 3.63) is 35.6 Å². The quantitative estimate of drug-likeness (QED) is 0.910. The summed E-state index contributed by atoms with van der Waals surface area (Å²) < 4.78 is 19.4. The summed E-state index contributed by atoms with van der Waals surface area (Å²) in [5, 5.41) is 3.00. The molecule has 1 fully saturated rings. The SMILES string of the molecule is CNC[C@H](C)C(=O)N1CCO[C@H](c2ccccc2F)C1. The van der Waals surface area contributed by atoms with Gasteiger partial charge in [-0.15, -0.1) is 0 Å². The summed E-state index contributed by atoms with van der Waals surface area (Å²) in [5.74, 6) is -0.279. The molecular formula is C15H21FN2O2.